The van der Waals surface area contributed by atoms with Gasteiger partial charge in [0, 0.05) is 0 Å². The summed E-state index contributed by atoms with van der Waals surface area (Å²) < 4.78 is 5.80. The molecule has 1 N–H and O–H groups in total. The van der Waals surface area contributed by atoms with Gasteiger partial charge in [-0.05, 0) is 48.4 Å². The molecule has 2 amide bonds. The predicted molar refractivity (Wildman–Crippen MR) is 122 cm³/mol. The Labute approximate surface area is 189 Å². The third-order valence-corrected chi connectivity index (χ3v) is 5.30. The second-order valence-electron chi connectivity index (χ2n) is 7.06. The van der Waals surface area contributed by atoms with E-state index in [1.807, 2.05) is 37.3 Å². The van der Waals surface area contributed by atoms with Crippen molar-refractivity contribution >= 4 is 46.8 Å². The van der Waals surface area contributed by atoms with Crippen molar-refractivity contribution in [1.29, 1.82) is 0 Å². The van der Waals surface area contributed by atoms with Crippen LogP contribution in [0.25, 0.3) is 6.08 Å². The lowest BCUT2D eigenvalue weighted by atomic mass is 10.1. The number of para-hydroxylation sites is 1. The molecule has 0 spiro atoms. The van der Waals surface area contributed by atoms with Crippen LogP contribution in [-0.2, 0) is 16.2 Å². The highest BCUT2D eigenvalue weighted by Crippen LogP contribution is 2.36. The average molecular weight is 453 g/mol. The molecule has 1 fully saturated rings. The van der Waals surface area contributed by atoms with Gasteiger partial charge >= 0.3 is 0 Å². The van der Waals surface area contributed by atoms with Crippen LogP contribution in [0, 0.1) is 6.92 Å². The van der Waals surface area contributed by atoms with Crippen LogP contribution in [0.1, 0.15) is 16.7 Å². The number of nitrogens with zero attached hydrogens (tertiary/aromatic N) is 1. The number of hydrogen-bond donors (Lipinski definition) is 1. The maximum absolute atomic E-state index is 12.7. The van der Waals surface area contributed by atoms with Gasteiger partial charge in [0.2, 0.25) is 0 Å². The molecule has 0 bridgehead atoms. The average Bonchev–Trinajstić information content (AvgIpc) is 3.03. The fourth-order valence-electron chi connectivity index (χ4n) is 3.12. The molecule has 3 aromatic carbocycles. The van der Waals surface area contributed by atoms with Gasteiger partial charge in [0.05, 0.1) is 15.7 Å². The summed E-state index contributed by atoms with van der Waals surface area (Å²) in [7, 11) is 0. The highest BCUT2D eigenvalue weighted by molar-refractivity contribution is 6.37. The van der Waals surface area contributed by atoms with E-state index in [1.165, 1.54) is 11.1 Å². The standard InChI is InChI=1S/C24H18Cl2N2O3/c1-15-7-9-16(10-8-15)14-31-22-20(25)12-17(13-21(22)26)11-19-23(29)27-28(24(19)30)18-5-3-2-4-6-18/h2-13H,14H2,1H3,(H,27,29)/b19-11-. The largest absolute Gasteiger partial charge is 0.486 e. The van der Waals surface area contributed by atoms with Crippen LogP contribution < -0.4 is 15.2 Å². The van der Waals surface area contributed by atoms with Crippen molar-refractivity contribution in [3.05, 3.63) is 99.0 Å². The van der Waals surface area contributed by atoms with Gasteiger partial charge in [-0.25, -0.2) is 5.01 Å². The topological polar surface area (TPSA) is 58.6 Å². The lowest BCUT2D eigenvalue weighted by Gasteiger charge is -2.14. The van der Waals surface area contributed by atoms with Gasteiger partial charge in [-0.15, -0.1) is 0 Å². The summed E-state index contributed by atoms with van der Waals surface area (Å²) in [6.07, 6.45) is 1.46. The van der Waals surface area contributed by atoms with Crippen LogP contribution in [-0.4, -0.2) is 11.8 Å². The fourth-order valence-corrected chi connectivity index (χ4v) is 3.74. The Morgan fingerprint density at radius 1 is 0.968 bits per heavy atom. The first kappa shape index (κ1) is 21.0. The molecule has 156 valence electrons. The van der Waals surface area contributed by atoms with Crippen molar-refractivity contribution < 1.29 is 14.3 Å². The summed E-state index contributed by atoms with van der Waals surface area (Å²) in [6, 6.07) is 20.0. The fraction of sp³-hybridized carbons (Fsp3) is 0.0833. The molecule has 0 aliphatic carbocycles. The smallest absolute Gasteiger partial charge is 0.282 e. The summed E-state index contributed by atoms with van der Waals surface area (Å²) >= 11 is 12.7. The summed E-state index contributed by atoms with van der Waals surface area (Å²) in [5.41, 5.74) is 5.78. The number of rotatable bonds is 5. The number of hydrogen-bond acceptors (Lipinski definition) is 3. The molecule has 31 heavy (non-hydrogen) atoms. The van der Waals surface area contributed by atoms with E-state index in [9.17, 15) is 9.59 Å². The van der Waals surface area contributed by atoms with E-state index in [0.717, 1.165) is 11.1 Å². The number of amides is 2. The summed E-state index contributed by atoms with van der Waals surface area (Å²) in [5, 5.41) is 1.78. The normalized spacial score (nSPS) is 14.8. The first-order chi connectivity index (χ1) is 14.9. The summed E-state index contributed by atoms with van der Waals surface area (Å²) in [5.74, 6) is -0.608. The van der Waals surface area contributed by atoms with E-state index in [0.29, 0.717) is 23.6 Å². The van der Waals surface area contributed by atoms with Crippen molar-refractivity contribution in [3.8, 4) is 5.75 Å². The van der Waals surface area contributed by atoms with Crippen LogP contribution in [0.5, 0.6) is 5.75 Å². The second kappa shape index (κ2) is 8.84. The third-order valence-electron chi connectivity index (χ3n) is 4.74. The number of hydrazine groups is 1. The van der Waals surface area contributed by atoms with E-state index >= 15 is 0 Å². The molecule has 1 aliphatic rings. The van der Waals surface area contributed by atoms with E-state index < -0.39 is 11.8 Å². The molecule has 1 saturated heterocycles. The minimum absolute atomic E-state index is 0.00990. The van der Waals surface area contributed by atoms with Gasteiger partial charge in [0.15, 0.2) is 5.75 Å². The van der Waals surface area contributed by atoms with Gasteiger partial charge in [-0.1, -0.05) is 71.2 Å². The molecule has 0 unspecified atom stereocenters. The van der Waals surface area contributed by atoms with Crippen LogP contribution in [0.4, 0.5) is 5.69 Å². The Morgan fingerprint density at radius 3 is 2.26 bits per heavy atom. The van der Waals surface area contributed by atoms with E-state index in [2.05, 4.69) is 5.43 Å². The number of ether oxygens (including phenoxy) is 1. The van der Waals surface area contributed by atoms with Crippen LogP contribution >= 0.6 is 23.2 Å². The molecule has 7 heteroatoms. The van der Waals surface area contributed by atoms with Crippen molar-refractivity contribution in [1.82, 2.24) is 5.43 Å². The zero-order chi connectivity index (χ0) is 22.0. The van der Waals surface area contributed by atoms with Crippen LogP contribution in [0.15, 0.2) is 72.3 Å². The zero-order valence-corrected chi connectivity index (χ0v) is 18.1. The van der Waals surface area contributed by atoms with Gasteiger partial charge in [-0.2, -0.15) is 0 Å². The quantitative estimate of drug-likeness (QED) is 0.419. The molecule has 5 nitrogen and oxygen atoms in total. The van der Waals surface area contributed by atoms with Crippen molar-refractivity contribution in [3.63, 3.8) is 0 Å². The Kier molecular flexibility index (Phi) is 5.98. The number of benzene rings is 3. The number of nitrogens with one attached hydrogen (secondary N) is 1. The maximum atomic E-state index is 12.7. The van der Waals surface area contributed by atoms with Crippen LogP contribution in [0.3, 0.4) is 0 Å². The van der Waals surface area contributed by atoms with Gasteiger partial charge in [0.25, 0.3) is 11.8 Å². The molecule has 3 aromatic rings. The Bertz CT molecular complexity index is 1150. The molecule has 0 radical (unpaired) electrons. The molecule has 1 aliphatic heterocycles. The zero-order valence-electron chi connectivity index (χ0n) is 16.6. The Hall–Kier alpha value is -3.28. The molecule has 0 aromatic heterocycles. The molecular formula is C24H18Cl2N2O3. The Balaban J connectivity index is 1.55. The SMILES string of the molecule is Cc1ccc(COc2c(Cl)cc(/C=C3/C(=O)NN(c4ccccc4)C3=O)cc2Cl)cc1. The molecule has 0 atom stereocenters. The highest BCUT2D eigenvalue weighted by Gasteiger charge is 2.34. The van der Waals surface area contributed by atoms with E-state index in [4.69, 9.17) is 27.9 Å². The summed E-state index contributed by atoms with van der Waals surface area (Å²) in [6.45, 7) is 2.33. The van der Waals surface area contributed by atoms with Gasteiger partial charge < -0.3 is 4.74 Å². The number of anilines is 1. The second-order valence-corrected chi connectivity index (χ2v) is 7.88. The molecule has 1 heterocycles. The molecule has 4 rings (SSSR count). The molecule has 0 saturated carbocycles. The molecular weight excluding hydrogens is 435 g/mol. The monoisotopic (exact) mass is 452 g/mol. The number of aryl methyl sites for hydroxylation is 1. The highest BCUT2D eigenvalue weighted by atomic mass is 35.5. The maximum Gasteiger partial charge on any atom is 0.282 e. The van der Waals surface area contributed by atoms with Crippen LogP contribution in [0.2, 0.25) is 10.0 Å². The lowest BCUT2D eigenvalue weighted by Crippen LogP contribution is -2.35. The number of carbonyl (C=O) groups is 2. The van der Waals surface area contributed by atoms with Crippen molar-refractivity contribution in [2.75, 3.05) is 5.01 Å². The van der Waals surface area contributed by atoms with Gasteiger partial charge in [0.1, 0.15) is 12.2 Å². The number of carbonyl (C=O) groups excluding carboxylic acids is 2. The van der Waals surface area contributed by atoms with Crippen molar-refractivity contribution in [2.45, 2.75) is 13.5 Å². The Morgan fingerprint density at radius 2 is 1.61 bits per heavy atom. The van der Waals surface area contributed by atoms with Gasteiger partial charge in [-0.3, -0.25) is 15.0 Å². The third kappa shape index (κ3) is 4.58. The minimum Gasteiger partial charge on any atom is -0.486 e. The number of halogens is 2. The lowest BCUT2D eigenvalue weighted by molar-refractivity contribution is -0.117. The van der Waals surface area contributed by atoms with E-state index in [1.54, 1.807) is 36.4 Å². The first-order valence-corrected chi connectivity index (χ1v) is 10.3. The predicted octanol–water partition coefficient (Wildman–Crippen LogP) is 5.34. The van der Waals surface area contributed by atoms with Crippen molar-refractivity contribution in [2.24, 2.45) is 0 Å². The summed E-state index contributed by atoms with van der Waals surface area (Å²) in [4.78, 5) is 25.1. The minimum atomic E-state index is -0.499. The first-order valence-electron chi connectivity index (χ1n) is 9.52. The van der Waals surface area contributed by atoms with E-state index in [-0.39, 0.29) is 15.6 Å².